The summed E-state index contributed by atoms with van der Waals surface area (Å²) in [7, 11) is 0. The van der Waals surface area contributed by atoms with Crippen LogP contribution in [0.3, 0.4) is 0 Å². The summed E-state index contributed by atoms with van der Waals surface area (Å²) in [6, 6.07) is 13.1. The van der Waals surface area contributed by atoms with Crippen molar-refractivity contribution in [2.45, 2.75) is 12.0 Å². The van der Waals surface area contributed by atoms with Gasteiger partial charge < -0.3 is 9.94 Å². The van der Waals surface area contributed by atoms with Crippen molar-refractivity contribution in [1.82, 2.24) is 0 Å². The van der Waals surface area contributed by atoms with Crippen molar-refractivity contribution in [3.05, 3.63) is 63.6 Å². The molecule has 0 spiro atoms. The number of rotatable bonds is 1. The van der Waals surface area contributed by atoms with Crippen LogP contribution in [0.1, 0.15) is 17.5 Å². The Morgan fingerprint density at radius 2 is 1.95 bits per heavy atom. The zero-order valence-electron chi connectivity index (χ0n) is 10.9. The molecule has 0 saturated heterocycles. The summed E-state index contributed by atoms with van der Waals surface area (Å²) in [6.07, 6.45) is 0.763. The van der Waals surface area contributed by atoms with Gasteiger partial charge in [-0.3, -0.25) is 0 Å². The third kappa shape index (κ3) is 1.78. The first-order chi connectivity index (χ1) is 10.2. The number of fused-ring (bicyclic) bond motifs is 2. The molecule has 0 aromatic heterocycles. The number of halogens is 2. The van der Waals surface area contributed by atoms with Gasteiger partial charge in [-0.05, 0) is 29.8 Å². The van der Waals surface area contributed by atoms with Crippen LogP contribution < -0.4 is 4.74 Å². The Morgan fingerprint density at radius 3 is 2.71 bits per heavy atom. The third-order valence-electron chi connectivity index (χ3n) is 4.21. The van der Waals surface area contributed by atoms with E-state index in [4.69, 9.17) is 27.9 Å². The summed E-state index contributed by atoms with van der Waals surface area (Å²) in [5.74, 6) is 0.764. The molecule has 0 bridgehead atoms. The van der Waals surface area contributed by atoms with Crippen LogP contribution in [-0.4, -0.2) is 10.9 Å². The predicted octanol–water partition coefficient (Wildman–Crippen LogP) is 4.48. The molecule has 1 aliphatic heterocycles. The SMILES string of the molecule is ON=C1c2ccccc2OC2(c3ccc(Cl)c(Cl)c3)CC12. The Hall–Kier alpha value is -1.71. The number of oxime groups is 1. The normalized spacial score (nSPS) is 27.7. The highest BCUT2D eigenvalue weighted by molar-refractivity contribution is 6.42. The van der Waals surface area contributed by atoms with Crippen LogP contribution in [0, 0.1) is 5.92 Å². The van der Waals surface area contributed by atoms with Crippen molar-refractivity contribution in [3.63, 3.8) is 0 Å². The molecule has 2 atom stereocenters. The summed E-state index contributed by atoms with van der Waals surface area (Å²) >= 11 is 12.1. The molecular weight excluding hydrogens is 309 g/mol. The highest BCUT2D eigenvalue weighted by Crippen LogP contribution is 2.60. The summed E-state index contributed by atoms with van der Waals surface area (Å²) < 4.78 is 6.21. The third-order valence-corrected chi connectivity index (χ3v) is 4.95. The first-order valence-corrected chi connectivity index (χ1v) is 7.37. The average molecular weight is 320 g/mol. The Morgan fingerprint density at radius 1 is 1.14 bits per heavy atom. The van der Waals surface area contributed by atoms with E-state index in [1.807, 2.05) is 36.4 Å². The fourth-order valence-electron chi connectivity index (χ4n) is 3.09. The average Bonchev–Trinajstić information content (AvgIpc) is 3.22. The van der Waals surface area contributed by atoms with Crippen LogP contribution in [0.25, 0.3) is 0 Å². The second kappa shape index (κ2) is 4.39. The van der Waals surface area contributed by atoms with E-state index in [-0.39, 0.29) is 5.92 Å². The van der Waals surface area contributed by atoms with Gasteiger partial charge in [0.2, 0.25) is 0 Å². The van der Waals surface area contributed by atoms with Crippen LogP contribution in [0.2, 0.25) is 10.0 Å². The second-order valence-electron chi connectivity index (χ2n) is 5.36. The van der Waals surface area contributed by atoms with E-state index in [2.05, 4.69) is 5.16 Å². The van der Waals surface area contributed by atoms with Gasteiger partial charge in [0.25, 0.3) is 0 Å². The minimum Gasteiger partial charge on any atom is -0.481 e. The largest absolute Gasteiger partial charge is 0.481 e. The minimum absolute atomic E-state index is 0.0367. The Kier molecular flexibility index (Phi) is 2.72. The Balaban J connectivity index is 1.84. The molecule has 0 amide bonds. The Bertz CT molecular complexity index is 775. The molecule has 2 aromatic rings. The van der Waals surface area contributed by atoms with Crippen LogP contribution >= 0.6 is 23.2 Å². The molecule has 2 aromatic carbocycles. The molecule has 3 nitrogen and oxygen atoms in total. The van der Waals surface area contributed by atoms with Crippen molar-refractivity contribution in [1.29, 1.82) is 0 Å². The van der Waals surface area contributed by atoms with Gasteiger partial charge in [-0.15, -0.1) is 0 Å². The van der Waals surface area contributed by atoms with Gasteiger partial charge >= 0.3 is 0 Å². The second-order valence-corrected chi connectivity index (χ2v) is 6.17. The molecule has 106 valence electrons. The summed E-state index contributed by atoms with van der Waals surface area (Å²) in [5, 5.41) is 13.9. The standard InChI is InChI=1S/C16H11Cl2NO2/c17-12-6-5-9(7-13(12)18)16-8-11(16)15(19-20)10-3-1-2-4-14(10)21-16/h1-7,11,20H,8H2. The molecule has 1 fully saturated rings. The van der Waals surface area contributed by atoms with Gasteiger partial charge in [0, 0.05) is 12.0 Å². The number of benzene rings is 2. The topological polar surface area (TPSA) is 41.8 Å². The van der Waals surface area contributed by atoms with Crippen LogP contribution in [0.4, 0.5) is 0 Å². The van der Waals surface area contributed by atoms with E-state index in [9.17, 15) is 5.21 Å². The molecule has 1 N–H and O–H groups in total. The minimum atomic E-state index is -0.496. The molecule has 21 heavy (non-hydrogen) atoms. The van der Waals surface area contributed by atoms with Gasteiger partial charge in [0.1, 0.15) is 11.4 Å². The molecule has 1 saturated carbocycles. The lowest BCUT2D eigenvalue weighted by Crippen LogP contribution is -2.28. The number of hydrogen-bond donors (Lipinski definition) is 1. The highest BCUT2D eigenvalue weighted by atomic mass is 35.5. The maximum atomic E-state index is 9.38. The first kappa shape index (κ1) is 13.0. The number of hydrogen-bond acceptors (Lipinski definition) is 3. The summed E-state index contributed by atoms with van der Waals surface area (Å²) in [4.78, 5) is 0. The molecule has 0 radical (unpaired) electrons. The maximum Gasteiger partial charge on any atom is 0.143 e. The van der Waals surface area contributed by atoms with Crippen LogP contribution in [0.5, 0.6) is 5.75 Å². The predicted molar refractivity (Wildman–Crippen MR) is 81.6 cm³/mol. The lowest BCUT2D eigenvalue weighted by Gasteiger charge is -2.27. The molecular formula is C16H11Cl2NO2. The van der Waals surface area contributed by atoms with E-state index in [1.54, 1.807) is 6.07 Å². The quantitative estimate of drug-likeness (QED) is 0.622. The van der Waals surface area contributed by atoms with Gasteiger partial charge in [0.15, 0.2) is 0 Å². The van der Waals surface area contributed by atoms with Crippen LogP contribution in [0.15, 0.2) is 47.6 Å². The first-order valence-electron chi connectivity index (χ1n) is 6.61. The van der Waals surface area contributed by atoms with E-state index in [0.29, 0.717) is 15.8 Å². The van der Waals surface area contributed by atoms with Gasteiger partial charge in [0.05, 0.1) is 21.7 Å². The lowest BCUT2D eigenvalue weighted by atomic mass is 9.96. The molecule has 2 unspecified atom stereocenters. The molecule has 4 rings (SSSR count). The van der Waals surface area contributed by atoms with Crippen molar-refractivity contribution in [2.75, 3.05) is 0 Å². The van der Waals surface area contributed by atoms with E-state index < -0.39 is 5.60 Å². The summed E-state index contributed by atoms with van der Waals surface area (Å²) in [6.45, 7) is 0. The van der Waals surface area contributed by atoms with Crippen molar-refractivity contribution >= 4 is 28.9 Å². The molecule has 5 heteroatoms. The van der Waals surface area contributed by atoms with Gasteiger partial charge in [-0.25, -0.2) is 0 Å². The van der Waals surface area contributed by atoms with Gasteiger partial charge in [-0.2, -0.15) is 0 Å². The zero-order chi connectivity index (χ0) is 14.6. The number of ether oxygens (including phenoxy) is 1. The number of para-hydroxylation sites is 1. The van der Waals surface area contributed by atoms with Crippen molar-refractivity contribution in [3.8, 4) is 5.75 Å². The molecule has 2 aliphatic rings. The maximum absolute atomic E-state index is 9.38. The highest BCUT2D eigenvalue weighted by Gasteiger charge is 2.64. The molecule has 1 heterocycles. The van der Waals surface area contributed by atoms with E-state index >= 15 is 0 Å². The van der Waals surface area contributed by atoms with Crippen molar-refractivity contribution < 1.29 is 9.94 Å². The smallest absolute Gasteiger partial charge is 0.143 e. The monoisotopic (exact) mass is 319 g/mol. The van der Waals surface area contributed by atoms with Crippen molar-refractivity contribution in [2.24, 2.45) is 11.1 Å². The summed E-state index contributed by atoms with van der Waals surface area (Å²) in [5.41, 5.74) is 1.98. The fraction of sp³-hybridized carbons (Fsp3) is 0.188. The van der Waals surface area contributed by atoms with E-state index in [1.165, 1.54) is 0 Å². The zero-order valence-corrected chi connectivity index (χ0v) is 12.4. The van der Waals surface area contributed by atoms with Crippen LogP contribution in [-0.2, 0) is 5.60 Å². The number of nitrogens with zero attached hydrogens (tertiary/aromatic N) is 1. The lowest BCUT2D eigenvalue weighted by molar-refractivity contribution is 0.164. The fourth-order valence-corrected chi connectivity index (χ4v) is 3.38. The van der Waals surface area contributed by atoms with Gasteiger partial charge in [-0.1, -0.05) is 46.6 Å². The molecule has 1 aliphatic carbocycles. The Labute approximate surface area is 131 Å². The van der Waals surface area contributed by atoms with E-state index in [0.717, 1.165) is 23.3 Å².